The summed E-state index contributed by atoms with van der Waals surface area (Å²) in [6.07, 6.45) is 1.81. The minimum Gasteiger partial charge on any atom is -0.241 e. The predicted molar refractivity (Wildman–Crippen MR) is 86.6 cm³/mol. The number of sulfonamides is 1. The average Bonchev–Trinajstić information content (AvgIpc) is 3.15. The Kier molecular flexibility index (Phi) is 4.10. The zero-order chi connectivity index (χ0) is 15.6. The molecule has 0 saturated heterocycles. The molecule has 114 valence electrons. The summed E-state index contributed by atoms with van der Waals surface area (Å²) in [5, 5.41) is 4.38. The number of nitrogens with one attached hydrogen (secondary N) is 1. The van der Waals surface area contributed by atoms with Crippen LogP contribution in [0.5, 0.6) is 0 Å². The van der Waals surface area contributed by atoms with Gasteiger partial charge in [0, 0.05) is 11.1 Å². The van der Waals surface area contributed by atoms with E-state index in [2.05, 4.69) is 9.82 Å². The van der Waals surface area contributed by atoms with Crippen LogP contribution in [0.2, 0.25) is 0 Å². The third-order valence-corrected chi connectivity index (χ3v) is 5.98. The fraction of sp³-hybridized carbons (Fsp3) is 0.133. The lowest BCUT2D eigenvalue weighted by Gasteiger charge is -2.03. The van der Waals surface area contributed by atoms with Crippen LogP contribution in [-0.2, 0) is 16.6 Å². The molecule has 2 aromatic heterocycles. The Morgan fingerprint density at radius 1 is 1.14 bits per heavy atom. The fourth-order valence-corrected chi connectivity index (χ4v) is 4.30. The second kappa shape index (κ2) is 6.04. The van der Waals surface area contributed by atoms with Crippen molar-refractivity contribution in [3.05, 3.63) is 65.3 Å². The lowest BCUT2D eigenvalue weighted by molar-refractivity contribution is 0.582. The van der Waals surface area contributed by atoms with Crippen molar-refractivity contribution < 1.29 is 8.42 Å². The average molecular weight is 333 g/mol. The molecule has 2 heterocycles. The van der Waals surface area contributed by atoms with E-state index in [1.807, 2.05) is 43.5 Å². The van der Waals surface area contributed by atoms with E-state index in [-0.39, 0.29) is 6.54 Å². The molecule has 0 atom stereocenters. The van der Waals surface area contributed by atoms with Gasteiger partial charge in [-0.2, -0.15) is 5.10 Å². The molecule has 3 aromatic rings. The summed E-state index contributed by atoms with van der Waals surface area (Å²) in [6, 6.07) is 14.9. The first-order valence-electron chi connectivity index (χ1n) is 6.71. The Labute approximate surface area is 133 Å². The van der Waals surface area contributed by atoms with Gasteiger partial charge in [0.15, 0.2) is 0 Å². The standard InChI is InChI=1S/C15H15N3O2S2/c1-12-7-8-15(21-12)22(19,20)16-11-13-9-10-18(17-13)14-5-3-2-4-6-14/h2-10,16H,11H2,1H3. The first-order chi connectivity index (χ1) is 10.5. The Bertz CT molecular complexity index is 867. The Morgan fingerprint density at radius 2 is 1.91 bits per heavy atom. The lowest BCUT2D eigenvalue weighted by atomic mass is 10.3. The van der Waals surface area contributed by atoms with E-state index in [9.17, 15) is 8.42 Å². The van der Waals surface area contributed by atoms with E-state index in [0.717, 1.165) is 10.6 Å². The van der Waals surface area contributed by atoms with Gasteiger partial charge in [-0.3, -0.25) is 0 Å². The minimum absolute atomic E-state index is 0.166. The number of aryl methyl sites for hydroxylation is 1. The predicted octanol–water partition coefficient (Wildman–Crippen LogP) is 2.72. The largest absolute Gasteiger partial charge is 0.250 e. The van der Waals surface area contributed by atoms with Crippen LogP contribution in [0, 0.1) is 6.92 Å². The summed E-state index contributed by atoms with van der Waals surface area (Å²) in [7, 11) is -3.47. The van der Waals surface area contributed by atoms with Crippen LogP contribution in [0.3, 0.4) is 0 Å². The molecule has 0 aliphatic heterocycles. The highest BCUT2D eigenvalue weighted by Crippen LogP contribution is 2.20. The third kappa shape index (κ3) is 3.27. The van der Waals surface area contributed by atoms with Crippen LogP contribution < -0.4 is 4.72 Å². The van der Waals surface area contributed by atoms with Crippen LogP contribution in [0.15, 0.2) is 58.9 Å². The molecule has 0 saturated carbocycles. The molecule has 1 aromatic carbocycles. The van der Waals surface area contributed by atoms with E-state index in [1.165, 1.54) is 11.3 Å². The van der Waals surface area contributed by atoms with E-state index < -0.39 is 10.0 Å². The van der Waals surface area contributed by atoms with Crippen molar-refractivity contribution in [1.29, 1.82) is 0 Å². The number of benzene rings is 1. The number of thiophene rings is 1. The number of rotatable bonds is 5. The van der Waals surface area contributed by atoms with Crippen molar-refractivity contribution in [1.82, 2.24) is 14.5 Å². The maximum Gasteiger partial charge on any atom is 0.250 e. The minimum atomic E-state index is -3.47. The molecule has 0 radical (unpaired) electrons. The number of para-hydroxylation sites is 1. The highest BCUT2D eigenvalue weighted by atomic mass is 32.2. The molecule has 0 amide bonds. The number of nitrogens with zero attached hydrogens (tertiary/aromatic N) is 2. The molecule has 0 unspecified atom stereocenters. The second-order valence-electron chi connectivity index (χ2n) is 4.78. The van der Waals surface area contributed by atoms with E-state index >= 15 is 0 Å². The van der Waals surface area contributed by atoms with E-state index in [0.29, 0.717) is 9.90 Å². The van der Waals surface area contributed by atoms with Gasteiger partial charge in [0.1, 0.15) is 4.21 Å². The summed E-state index contributed by atoms with van der Waals surface area (Å²) < 4.78 is 28.9. The second-order valence-corrected chi connectivity index (χ2v) is 8.06. The molecule has 0 aliphatic carbocycles. The van der Waals surface area contributed by atoms with Crippen LogP contribution in [0.25, 0.3) is 5.69 Å². The fourth-order valence-electron chi connectivity index (χ4n) is 1.98. The maximum absolute atomic E-state index is 12.2. The molecule has 22 heavy (non-hydrogen) atoms. The maximum atomic E-state index is 12.2. The Hall–Kier alpha value is -1.96. The number of aromatic nitrogens is 2. The molecule has 7 heteroatoms. The van der Waals surface area contributed by atoms with Crippen LogP contribution >= 0.6 is 11.3 Å². The summed E-state index contributed by atoms with van der Waals surface area (Å²) >= 11 is 1.26. The number of hydrogen-bond donors (Lipinski definition) is 1. The summed E-state index contributed by atoms with van der Waals surface area (Å²) in [6.45, 7) is 2.05. The molecule has 0 spiro atoms. The summed E-state index contributed by atoms with van der Waals surface area (Å²) in [5.41, 5.74) is 1.60. The first-order valence-corrected chi connectivity index (χ1v) is 9.01. The van der Waals surface area contributed by atoms with Crippen molar-refractivity contribution in [2.75, 3.05) is 0 Å². The molecule has 3 rings (SSSR count). The summed E-state index contributed by atoms with van der Waals surface area (Å²) in [4.78, 5) is 0.966. The van der Waals surface area contributed by atoms with Crippen molar-refractivity contribution in [3.8, 4) is 5.69 Å². The van der Waals surface area contributed by atoms with Gasteiger partial charge in [-0.25, -0.2) is 17.8 Å². The molecule has 5 nitrogen and oxygen atoms in total. The van der Waals surface area contributed by atoms with E-state index in [4.69, 9.17) is 0 Å². The zero-order valence-electron chi connectivity index (χ0n) is 11.9. The van der Waals surface area contributed by atoms with Crippen LogP contribution in [-0.4, -0.2) is 18.2 Å². The van der Waals surface area contributed by atoms with E-state index in [1.54, 1.807) is 22.9 Å². The lowest BCUT2D eigenvalue weighted by Crippen LogP contribution is -2.22. The van der Waals surface area contributed by atoms with Crippen molar-refractivity contribution >= 4 is 21.4 Å². The van der Waals surface area contributed by atoms with Gasteiger partial charge in [-0.05, 0) is 37.3 Å². The highest BCUT2D eigenvalue weighted by Gasteiger charge is 2.16. The smallest absolute Gasteiger partial charge is 0.241 e. The first kappa shape index (κ1) is 15.0. The Balaban J connectivity index is 1.71. The van der Waals surface area contributed by atoms with Gasteiger partial charge in [-0.15, -0.1) is 11.3 Å². The zero-order valence-corrected chi connectivity index (χ0v) is 13.6. The monoisotopic (exact) mass is 333 g/mol. The van der Waals surface area contributed by atoms with Crippen LogP contribution in [0.4, 0.5) is 0 Å². The molecule has 0 fully saturated rings. The SMILES string of the molecule is Cc1ccc(S(=O)(=O)NCc2ccn(-c3ccccc3)n2)s1. The molecule has 1 N–H and O–H groups in total. The topological polar surface area (TPSA) is 64.0 Å². The molecular formula is C15H15N3O2S2. The van der Waals surface area contributed by atoms with Gasteiger partial charge in [0.25, 0.3) is 0 Å². The van der Waals surface area contributed by atoms with Gasteiger partial charge in [0.2, 0.25) is 10.0 Å². The van der Waals surface area contributed by atoms with Crippen molar-refractivity contribution in [2.45, 2.75) is 17.7 Å². The van der Waals surface area contributed by atoms with Gasteiger partial charge in [0.05, 0.1) is 17.9 Å². The molecular weight excluding hydrogens is 318 g/mol. The summed E-state index contributed by atoms with van der Waals surface area (Å²) in [5.74, 6) is 0. The van der Waals surface area contributed by atoms with Crippen molar-refractivity contribution in [3.63, 3.8) is 0 Å². The van der Waals surface area contributed by atoms with Crippen LogP contribution in [0.1, 0.15) is 10.6 Å². The van der Waals surface area contributed by atoms with Gasteiger partial charge in [-0.1, -0.05) is 18.2 Å². The highest BCUT2D eigenvalue weighted by molar-refractivity contribution is 7.91. The normalized spacial score (nSPS) is 11.7. The van der Waals surface area contributed by atoms with Gasteiger partial charge >= 0.3 is 0 Å². The van der Waals surface area contributed by atoms with Crippen molar-refractivity contribution in [2.24, 2.45) is 0 Å². The molecule has 0 aliphatic rings. The third-order valence-electron chi connectivity index (χ3n) is 3.09. The van der Waals surface area contributed by atoms with Gasteiger partial charge < -0.3 is 0 Å². The quantitative estimate of drug-likeness (QED) is 0.781. The molecule has 0 bridgehead atoms. The Morgan fingerprint density at radius 3 is 2.59 bits per heavy atom. The number of hydrogen-bond acceptors (Lipinski definition) is 4.